The molecule has 1 aliphatic heterocycles. The quantitative estimate of drug-likeness (QED) is 0.627. The van der Waals surface area contributed by atoms with Crippen molar-refractivity contribution in [3.8, 4) is 11.5 Å². The van der Waals surface area contributed by atoms with Crippen LogP contribution in [-0.4, -0.2) is 22.3 Å². The van der Waals surface area contributed by atoms with E-state index < -0.39 is 5.97 Å². The summed E-state index contributed by atoms with van der Waals surface area (Å²) in [6, 6.07) is 3.36. The van der Waals surface area contributed by atoms with Gasteiger partial charge in [0, 0.05) is 18.6 Å². The standard InChI is InChI=1S/C15H16N2O5S/c18-13(19)4-2-1-3-5-17-14(20)9-6-11-12(22-8-21-11)7-10(9)16-15(17)23/h6-7H,1-5,8H2,(H,16,23)(H,18,19)/p-1. The fourth-order valence-electron chi connectivity index (χ4n) is 2.56. The molecule has 2 aromatic rings. The number of carboxylic acids is 1. The maximum Gasteiger partial charge on any atom is 0.262 e. The van der Waals surface area contributed by atoms with Crippen LogP contribution >= 0.6 is 12.2 Å². The normalized spacial score (nSPS) is 12.7. The van der Waals surface area contributed by atoms with Gasteiger partial charge in [0.15, 0.2) is 16.3 Å². The van der Waals surface area contributed by atoms with Crippen molar-refractivity contribution >= 4 is 29.1 Å². The number of aromatic nitrogens is 2. The molecular formula is C15H15N2O5S-. The Balaban J connectivity index is 1.83. The number of aliphatic carboxylic acids is 1. The number of carboxylic acid groups (broad SMARTS) is 1. The van der Waals surface area contributed by atoms with Gasteiger partial charge in [0.2, 0.25) is 6.79 Å². The lowest BCUT2D eigenvalue weighted by atomic mass is 10.2. The lowest BCUT2D eigenvalue weighted by Crippen LogP contribution is -2.23. The summed E-state index contributed by atoms with van der Waals surface area (Å²) in [6.45, 7) is 0.574. The van der Waals surface area contributed by atoms with Gasteiger partial charge in [0.25, 0.3) is 5.56 Å². The predicted molar refractivity (Wildman–Crippen MR) is 83.0 cm³/mol. The minimum absolute atomic E-state index is 0.0307. The van der Waals surface area contributed by atoms with Gasteiger partial charge in [-0.1, -0.05) is 6.42 Å². The third-order valence-electron chi connectivity index (χ3n) is 3.74. The Labute approximate surface area is 136 Å². The van der Waals surface area contributed by atoms with Crippen LogP contribution < -0.4 is 20.1 Å². The minimum Gasteiger partial charge on any atom is -0.550 e. The van der Waals surface area contributed by atoms with Crippen molar-refractivity contribution < 1.29 is 19.4 Å². The third-order valence-corrected chi connectivity index (χ3v) is 4.06. The first-order chi connectivity index (χ1) is 11.1. The SMILES string of the molecule is O=C([O-])CCCCCn1c(=S)[nH]c2cc3c(cc2c1=O)OCO3. The lowest BCUT2D eigenvalue weighted by Gasteiger charge is -2.09. The summed E-state index contributed by atoms with van der Waals surface area (Å²) < 4.78 is 12.4. The second-order valence-corrected chi connectivity index (χ2v) is 5.71. The van der Waals surface area contributed by atoms with Crippen LogP contribution in [0.1, 0.15) is 25.7 Å². The number of rotatable bonds is 6. The number of carbonyl (C=O) groups is 1. The van der Waals surface area contributed by atoms with Crippen molar-refractivity contribution in [1.29, 1.82) is 0 Å². The van der Waals surface area contributed by atoms with Crippen LogP contribution in [0.5, 0.6) is 11.5 Å². The number of benzene rings is 1. The fourth-order valence-corrected chi connectivity index (χ4v) is 2.85. The minimum atomic E-state index is -1.05. The van der Waals surface area contributed by atoms with E-state index in [0.717, 1.165) is 0 Å². The van der Waals surface area contributed by atoms with E-state index in [1.807, 2.05) is 0 Å². The molecule has 0 bridgehead atoms. The Bertz CT molecular complexity index is 871. The second-order valence-electron chi connectivity index (χ2n) is 5.32. The summed E-state index contributed by atoms with van der Waals surface area (Å²) in [5, 5.41) is 10.9. The molecule has 8 heteroatoms. The molecule has 3 rings (SSSR count). The van der Waals surface area contributed by atoms with E-state index in [9.17, 15) is 14.7 Å². The van der Waals surface area contributed by atoms with Gasteiger partial charge < -0.3 is 24.4 Å². The van der Waals surface area contributed by atoms with Crippen LogP contribution in [0.2, 0.25) is 0 Å². The van der Waals surface area contributed by atoms with E-state index in [4.69, 9.17) is 21.7 Å². The zero-order valence-electron chi connectivity index (χ0n) is 12.3. The number of unbranched alkanes of at least 4 members (excludes halogenated alkanes) is 2. The molecule has 0 spiro atoms. The molecule has 2 heterocycles. The first kappa shape index (κ1) is 15.5. The molecule has 0 saturated heterocycles. The molecule has 23 heavy (non-hydrogen) atoms. The largest absolute Gasteiger partial charge is 0.550 e. The fraction of sp³-hybridized carbons (Fsp3) is 0.400. The van der Waals surface area contributed by atoms with Crippen molar-refractivity contribution in [3.63, 3.8) is 0 Å². The molecular weight excluding hydrogens is 320 g/mol. The molecule has 1 N–H and O–H groups in total. The molecule has 0 atom stereocenters. The van der Waals surface area contributed by atoms with E-state index in [1.54, 1.807) is 12.1 Å². The maximum absolute atomic E-state index is 12.6. The van der Waals surface area contributed by atoms with Gasteiger partial charge in [0.1, 0.15) is 0 Å². The van der Waals surface area contributed by atoms with Crippen molar-refractivity contribution in [2.24, 2.45) is 0 Å². The summed E-state index contributed by atoms with van der Waals surface area (Å²) in [7, 11) is 0. The summed E-state index contributed by atoms with van der Waals surface area (Å²) >= 11 is 5.25. The van der Waals surface area contributed by atoms with Crippen LogP contribution in [0.3, 0.4) is 0 Å². The second kappa shape index (κ2) is 6.41. The van der Waals surface area contributed by atoms with Gasteiger partial charge in [-0.3, -0.25) is 9.36 Å². The van der Waals surface area contributed by atoms with Gasteiger partial charge in [-0.15, -0.1) is 0 Å². The average molecular weight is 335 g/mol. The number of hydrogen-bond acceptors (Lipinski definition) is 6. The Kier molecular flexibility index (Phi) is 4.33. The highest BCUT2D eigenvalue weighted by atomic mass is 32.1. The zero-order chi connectivity index (χ0) is 16.4. The molecule has 1 aromatic carbocycles. The van der Waals surface area contributed by atoms with Crippen LogP contribution in [0, 0.1) is 4.77 Å². The van der Waals surface area contributed by atoms with E-state index in [-0.39, 0.29) is 18.8 Å². The van der Waals surface area contributed by atoms with Gasteiger partial charge >= 0.3 is 0 Å². The van der Waals surface area contributed by atoms with E-state index in [0.29, 0.717) is 53.0 Å². The zero-order valence-corrected chi connectivity index (χ0v) is 13.1. The van der Waals surface area contributed by atoms with E-state index in [1.165, 1.54) is 4.57 Å². The van der Waals surface area contributed by atoms with Crippen LogP contribution in [0.25, 0.3) is 10.9 Å². The molecule has 0 amide bonds. The molecule has 0 unspecified atom stereocenters. The number of nitrogens with zero attached hydrogens (tertiary/aromatic N) is 1. The molecule has 0 fully saturated rings. The molecule has 7 nitrogen and oxygen atoms in total. The topological polar surface area (TPSA) is 96.4 Å². The number of carbonyl (C=O) groups excluding carboxylic acids is 1. The Hall–Kier alpha value is -2.35. The van der Waals surface area contributed by atoms with Crippen LogP contribution in [0.15, 0.2) is 16.9 Å². The Morgan fingerprint density at radius 1 is 1.26 bits per heavy atom. The van der Waals surface area contributed by atoms with Gasteiger partial charge in [-0.2, -0.15) is 0 Å². The Morgan fingerprint density at radius 2 is 2.00 bits per heavy atom. The predicted octanol–water partition coefficient (Wildman–Crippen LogP) is 1.10. The number of aromatic amines is 1. The number of hydrogen-bond donors (Lipinski definition) is 1. The van der Waals surface area contributed by atoms with Crippen LogP contribution in [-0.2, 0) is 11.3 Å². The molecule has 1 aliphatic rings. The maximum atomic E-state index is 12.6. The first-order valence-corrected chi connectivity index (χ1v) is 7.73. The lowest BCUT2D eigenvalue weighted by molar-refractivity contribution is -0.305. The number of ether oxygens (including phenoxy) is 2. The van der Waals surface area contributed by atoms with Crippen molar-refractivity contribution in [2.75, 3.05) is 6.79 Å². The van der Waals surface area contributed by atoms with Gasteiger partial charge in [0.05, 0.1) is 10.9 Å². The van der Waals surface area contributed by atoms with E-state index in [2.05, 4.69) is 4.98 Å². The third kappa shape index (κ3) is 3.21. The molecule has 1 aromatic heterocycles. The van der Waals surface area contributed by atoms with Gasteiger partial charge in [-0.25, -0.2) is 0 Å². The van der Waals surface area contributed by atoms with Gasteiger partial charge in [-0.05, 0) is 37.5 Å². The number of H-pyrrole nitrogens is 1. The number of nitrogens with one attached hydrogen (secondary N) is 1. The molecule has 122 valence electrons. The number of fused-ring (bicyclic) bond motifs is 2. The smallest absolute Gasteiger partial charge is 0.262 e. The Morgan fingerprint density at radius 3 is 2.74 bits per heavy atom. The molecule has 0 radical (unpaired) electrons. The molecule has 0 saturated carbocycles. The molecule has 0 aliphatic carbocycles. The summed E-state index contributed by atoms with van der Waals surface area (Å²) in [6.07, 6.45) is 1.91. The van der Waals surface area contributed by atoms with E-state index >= 15 is 0 Å². The summed E-state index contributed by atoms with van der Waals surface area (Å²) in [5.41, 5.74) is 0.416. The monoisotopic (exact) mass is 335 g/mol. The van der Waals surface area contributed by atoms with Crippen molar-refractivity contribution in [1.82, 2.24) is 9.55 Å². The highest BCUT2D eigenvalue weighted by Gasteiger charge is 2.16. The van der Waals surface area contributed by atoms with Crippen molar-refractivity contribution in [3.05, 3.63) is 27.3 Å². The summed E-state index contributed by atoms with van der Waals surface area (Å²) in [5.74, 6) is 0.0736. The van der Waals surface area contributed by atoms with Crippen molar-refractivity contribution in [2.45, 2.75) is 32.2 Å². The van der Waals surface area contributed by atoms with Crippen LogP contribution in [0.4, 0.5) is 0 Å². The average Bonchev–Trinajstić information content (AvgIpc) is 2.95. The highest BCUT2D eigenvalue weighted by Crippen LogP contribution is 2.34. The first-order valence-electron chi connectivity index (χ1n) is 7.32. The summed E-state index contributed by atoms with van der Waals surface area (Å²) in [4.78, 5) is 26.0. The highest BCUT2D eigenvalue weighted by molar-refractivity contribution is 7.71.